The van der Waals surface area contributed by atoms with E-state index >= 15 is 0 Å². The van der Waals surface area contributed by atoms with Gasteiger partial charge in [0, 0.05) is 10.9 Å². The molecule has 2 heterocycles. The van der Waals surface area contributed by atoms with Crippen molar-refractivity contribution in [3.8, 4) is 0 Å². The molecule has 0 amide bonds. The van der Waals surface area contributed by atoms with Gasteiger partial charge in [-0.15, -0.1) is 9.50 Å². The summed E-state index contributed by atoms with van der Waals surface area (Å²) in [6, 6.07) is 17.4. The molecule has 0 N–H and O–H groups in total. The third-order valence-corrected chi connectivity index (χ3v) is 7.23. The minimum atomic E-state index is -4.05. The number of hydrogen-bond donors (Lipinski definition) is 0. The first-order chi connectivity index (χ1) is 15.8. The second kappa shape index (κ2) is 9.66. The third kappa shape index (κ3) is 5.13. The van der Waals surface area contributed by atoms with Crippen LogP contribution in [0.2, 0.25) is 5.02 Å². The van der Waals surface area contributed by atoms with Crippen molar-refractivity contribution in [1.29, 1.82) is 0 Å². The van der Waals surface area contributed by atoms with E-state index in [2.05, 4.69) is 14.6 Å². The Bertz CT molecular complexity index is 1290. The molecule has 0 aliphatic carbocycles. The topological polar surface area (TPSA) is 92.8 Å². The summed E-state index contributed by atoms with van der Waals surface area (Å²) in [4.78, 5) is 1.35. The highest BCUT2D eigenvalue weighted by Gasteiger charge is 2.32. The van der Waals surface area contributed by atoms with E-state index in [0.29, 0.717) is 11.6 Å². The van der Waals surface area contributed by atoms with Gasteiger partial charge in [-0.05, 0) is 43.4 Å². The maximum Gasteiger partial charge on any atom is 0.305 e. The molecule has 0 radical (unpaired) electrons. The SMILES string of the molecule is CS/C(=N\S(=O)(=O)c1cnn(C(C)C)n1)N1CC(c2ccccc2)C(c2ccc(Cl)cc2)=N1. The Morgan fingerprint density at radius 1 is 1.15 bits per heavy atom. The molecule has 0 bridgehead atoms. The smallest absolute Gasteiger partial charge is 0.240 e. The van der Waals surface area contributed by atoms with Gasteiger partial charge in [-0.1, -0.05) is 65.8 Å². The van der Waals surface area contributed by atoms with E-state index in [9.17, 15) is 8.42 Å². The average molecular weight is 503 g/mol. The van der Waals surface area contributed by atoms with E-state index in [1.54, 1.807) is 11.3 Å². The Labute approximate surface area is 202 Å². The molecular formula is C22H23ClN6O2S2. The van der Waals surface area contributed by atoms with E-state index in [1.165, 1.54) is 22.8 Å². The number of thioether (sulfide) groups is 1. The highest BCUT2D eigenvalue weighted by atomic mass is 35.5. The molecular weight excluding hydrogens is 480 g/mol. The number of halogens is 1. The van der Waals surface area contributed by atoms with E-state index in [4.69, 9.17) is 16.7 Å². The van der Waals surface area contributed by atoms with Gasteiger partial charge in [0.25, 0.3) is 0 Å². The first-order valence-electron chi connectivity index (χ1n) is 10.3. The van der Waals surface area contributed by atoms with Crippen LogP contribution in [0.15, 0.2) is 75.3 Å². The molecule has 172 valence electrons. The molecule has 1 aromatic heterocycles. The predicted octanol–water partition coefficient (Wildman–Crippen LogP) is 4.42. The minimum Gasteiger partial charge on any atom is -0.240 e. The highest BCUT2D eigenvalue weighted by Crippen LogP contribution is 2.31. The lowest BCUT2D eigenvalue weighted by Crippen LogP contribution is -2.24. The average Bonchev–Trinajstić information content (AvgIpc) is 3.47. The second-order valence-corrected chi connectivity index (χ2v) is 10.4. The van der Waals surface area contributed by atoms with Crippen molar-refractivity contribution in [2.45, 2.75) is 30.8 Å². The molecule has 2 aromatic carbocycles. The number of aromatic nitrogens is 3. The number of sulfonamides is 1. The number of nitrogens with zero attached hydrogens (tertiary/aromatic N) is 6. The molecule has 8 nitrogen and oxygen atoms in total. The summed E-state index contributed by atoms with van der Waals surface area (Å²) in [5.41, 5.74) is 2.82. The first-order valence-corrected chi connectivity index (χ1v) is 13.3. The number of benzene rings is 2. The van der Waals surface area contributed by atoms with Crippen molar-refractivity contribution in [1.82, 2.24) is 20.0 Å². The lowest BCUT2D eigenvalue weighted by Gasteiger charge is -2.16. The zero-order valence-corrected chi connectivity index (χ0v) is 20.7. The van der Waals surface area contributed by atoms with Crippen LogP contribution in [0.4, 0.5) is 0 Å². The lowest BCUT2D eigenvalue weighted by atomic mass is 9.91. The second-order valence-electron chi connectivity index (χ2n) is 7.69. The number of amidine groups is 1. The van der Waals surface area contributed by atoms with Gasteiger partial charge in [-0.25, -0.2) is 5.01 Å². The number of rotatable bonds is 5. The van der Waals surface area contributed by atoms with E-state index in [0.717, 1.165) is 16.8 Å². The molecule has 33 heavy (non-hydrogen) atoms. The van der Waals surface area contributed by atoms with Crippen molar-refractivity contribution in [2.75, 3.05) is 12.8 Å². The Kier molecular flexibility index (Phi) is 6.87. The fourth-order valence-electron chi connectivity index (χ4n) is 3.42. The molecule has 0 fully saturated rings. The Morgan fingerprint density at radius 2 is 1.85 bits per heavy atom. The summed E-state index contributed by atoms with van der Waals surface area (Å²) in [7, 11) is -4.05. The van der Waals surface area contributed by atoms with Crippen LogP contribution in [0, 0.1) is 0 Å². The fourth-order valence-corrected chi connectivity index (χ4v) is 5.22. The van der Waals surface area contributed by atoms with Crippen LogP contribution in [0.1, 0.15) is 36.9 Å². The van der Waals surface area contributed by atoms with Crippen LogP contribution in [-0.2, 0) is 10.0 Å². The summed E-state index contributed by atoms with van der Waals surface area (Å²) >= 11 is 7.29. The molecule has 1 aliphatic heterocycles. The molecule has 3 aromatic rings. The van der Waals surface area contributed by atoms with Crippen molar-refractivity contribution < 1.29 is 8.42 Å². The zero-order chi connectivity index (χ0) is 23.6. The van der Waals surface area contributed by atoms with E-state index < -0.39 is 10.0 Å². The van der Waals surface area contributed by atoms with E-state index in [-0.39, 0.29) is 22.2 Å². The normalized spacial score (nSPS) is 17.0. The van der Waals surface area contributed by atoms with Crippen LogP contribution >= 0.6 is 23.4 Å². The molecule has 1 aliphatic rings. The first kappa shape index (κ1) is 23.5. The maximum atomic E-state index is 12.9. The molecule has 1 atom stereocenters. The van der Waals surface area contributed by atoms with Gasteiger partial charge in [0.2, 0.25) is 5.03 Å². The molecule has 1 unspecified atom stereocenters. The van der Waals surface area contributed by atoms with Gasteiger partial charge >= 0.3 is 10.0 Å². The van der Waals surface area contributed by atoms with Gasteiger partial charge in [-0.3, -0.25) is 0 Å². The van der Waals surface area contributed by atoms with Crippen molar-refractivity contribution in [3.63, 3.8) is 0 Å². The third-order valence-electron chi connectivity index (χ3n) is 5.07. The van der Waals surface area contributed by atoms with Gasteiger partial charge in [0.05, 0.1) is 24.5 Å². The quantitative estimate of drug-likeness (QED) is 0.378. The summed E-state index contributed by atoms with van der Waals surface area (Å²) in [5, 5.41) is 15.2. The lowest BCUT2D eigenvalue weighted by molar-refractivity contribution is 0.457. The Morgan fingerprint density at radius 3 is 2.45 bits per heavy atom. The van der Waals surface area contributed by atoms with Gasteiger partial charge in [0.1, 0.15) is 0 Å². The van der Waals surface area contributed by atoms with Crippen LogP contribution in [0.5, 0.6) is 0 Å². The van der Waals surface area contributed by atoms with Crippen molar-refractivity contribution in [3.05, 3.63) is 76.9 Å². The van der Waals surface area contributed by atoms with Crippen LogP contribution in [0.25, 0.3) is 0 Å². The standard InChI is InChI=1S/C22H23ClN6O2S2/c1-15(2)29-24-13-20(25-29)33(30,31)27-22(32-3)28-14-19(16-7-5-4-6-8-16)21(26-28)17-9-11-18(23)12-10-17/h4-13,15,19H,14H2,1-3H3/b27-22-. The maximum absolute atomic E-state index is 12.9. The summed E-state index contributed by atoms with van der Waals surface area (Å²) in [6.45, 7) is 4.19. The zero-order valence-electron chi connectivity index (χ0n) is 18.3. The molecule has 4 rings (SSSR count). The van der Waals surface area contributed by atoms with Crippen LogP contribution in [0.3, 0.4) is 0 Å². The summed E-state index contributed by atoms with van der Waals surface area (Å²) < 4.78 is 29.9. The van der Waals surface area contributed by atoms with Crippen molar-refractivity contribution in [2.24, 2.45) is 9.50 Å². The van der Waals surface area contributed by atoms with Crippen LogP contribution in [-0.4, -0.2) is 52.1 Å². The number of hydrogen-bond acceptors (Lipinski definition) is 6. The van der Waals surface area contributed by atoms with Crippen LogP contribution < -0.4 is 0 Å². The predicted molar refractivity (Wildman–Crippen MR) is 132 cm³/mol. The Balaban J connectivity index is 1.72. The Hall–Kier alpha value is -2.69. The molecule has 0 saturated heterocycles. The molecule has 11 heteroatoms. The van der Waals surface area contributed by atoms with Crippen molar-refractivity contribution >= 4 is 44.3 Å². The minimum absolute atomic E-state index is 0.0605. The highest BCUT2D eigenvalue weighted by molar-refractivity contribution is 8.13. The van der Waals surface area contributed by atoms with Gasteiger partial charge in [-0.2, -0.15) is 23.4 Å². The van der Waals surface area contributed by atoms with E-state index in [1.807, 2.05) is 68.4 Å². The summed E-state index contributed by atoms with van der Waals surface area (Å²) in [5.74, 6) is -0.0609. The monoisotopic (exact) mass is 502 g/mol. The molecule has 0 spiro atoms. The largest absolute Gasteiger partial charge is 0.305 e. The van der Waals surface area contributed by atoms with Gasteiger partial charge < -0.3 is 0 Å². The van der Waals surface area contributed by atoms with Gasteiger partial charge in [0.15, 0.2) is 5.17 Å². The fraction of sp³-hybridized carbons (Fsp3) is 0.273. The summed E-state index contributed by atoms with van der Waals surface area (Å²) in [6.07, 6.45) is 2.99. The molecule has 0 saturated carbocycles. The number of hydrazone groups is 1.